The van der Waals surface area contributed by atoms with Crippen LogP contribution in [0.4, 0.5) is 0 Å². The number of aromatic amines is 1. The number of hydrogen-bond acceptors (Lipinski definition) is 7. The van der Waals surface area contributed by atoms with E-state index in [-0.39, 0.29) is 18.4 Å². The predicted molar refractivity (Wildman–Crippen MR) is 160 cm³/mol. The number of aromatic nitrogens is 2. The molecule has 2 fully saturated rings. The average Bonchev–Trinajstić information content (AvgIpc) is 3.45. The third-order valence-corrected chi connectivity index (χ3v) is 9.04. The summed E-state index contributed by atoms with van der Waals surface area (Å²) in [6.07, 6.45) is 0.400. The molecule has 1 saturated heterocycles. The summed E-state index contributed by atoms with van der Waals surface area (Å²) in [4.78, 5) is 27.3. The lowest BCUT2D eigenvalue weighted by Crippen LogP contribution is -2.46. The molecule has 6 rings (SSSR count). The number of methoxy groups -OCH3 is 2. The molecule has 0 spiro atoms. The molecule has 1 aliphatic heterocycles. The van der Waals surface area contributed by atoms with E-state index >= 15 is 0 Å². The van der Waals surface area contributed by atoms with E-state index in [1.54, 1.807) is 21.1 Å². The Balaban J connectivity index is 1.46. The van der Waals surface area contributed by atoms with Gasteiger partial charge in [-0.15, -0.1) is 0 Å². The van der Waals surface area contributed by atoms with E-state index in [1.807, 2.05) is 85.8 Å². The van der Waals surface area contributed by atoms with Gasteiger partial charge in [0.05, 0.1) is 26.9 Å². The lowest BCUT2D eigenvalue weighted by Gasteiger charge is -2.40. The largest absolute Gasteiger partial charge is 0.497 e. The minimum Gasteiger partial charge on any atom is -0.497 e. The summed E-state index contributed by atoms with van der Waals surface area (Å²) in [5, 5.41) is 11.7. The van der Waals surface area contributed by atoms with Crippen molar-refractivity contribution in [2.45, 2.75) is 43.8 Å². The smallest absolute Gasteiger partial charge is 0.330 e. The summed E-state index contributed by atoms with van der Waals surface area (Å²) >= 11 is 0. The first-order valence-electron chi connectivity index (χ1n) is 14.4. The number of aliphatic hydroxyl groups excluding tert-OH is 1. The van der Waals surface area contributed by atoms with Gasteiger partial charge < -0.3 is 24.1 Å². The summed E-state index contributed by atoms with van der Waals surface area (Å²) < 4.78 is 26.0. The molecule has 4 aromatic rings. The standard InChI is InChI=1S/C34H36N2O7/c1-21-18-33(29(37)28(21)31(43-33)36-19-22(2)30(38)35-32(36)39)20-42-34(23-8-6-5-7-9-23,24-10-14-26(40-3)15-11-24)25-12-16-27(41-4)17-13-25/h5-17,19,21,28-29,31,37H,18,20H2,1-4H3,(H,35,38,39)/t21?,28?,29-,31-,33+/m1/s1. The van der Waals surface area contributed by atoms with Gasteiger partial charge in [0.25, 0.3) is 5.56 Å². The van der Waals surface area contributed by atoms with Crippen LogP contribution in [-0.2, 0) is 15.1 Å². The number of H-pyrrole nitrogens is 1. The summed E-state index contributed by atoms with van der Waals surface area (Å²) in [5.74, 6) is 1.10. The van der Waals surface area contributed by atoms with Gasteiger partial charge in [0.15, 0.2) is 0 Å². The summed E-state index contributed by atoms with van der Waals surface area (Å²) in [7, 11) is 3.25. The summed E-state index contributed by atoms with van der Waals surface area (Å²) in [6.45, 7) is 3.72. The zero-order chi connectivity index (χ0) is 30.4. The van der Waals surface area contributed by atoms with Gasteiger partial charge in [-0.05, 0) is 60.2 Å². The zero-order valence-electron chi connectivity index (χ0n) is 24.7. The van der Waals surface area contributed by atoms with Gasteiger partial charge in [-0.1, -0.05) is 61.5 Å². The van der Waals surface area contributed by atoms with Crippen LogP contribution in [0.25, 0.3) is 0 Å². The topological polar surface area (TPSA) is 112 Å². The van der Waals surface area contributed by atoms with Crippen LogP contribution >= 0.6 is 0 Å². The maximum atomic E-state index is 12.8. The number of aryl methyl sites for hydroxylation is 1. The van der Waals surface area contributed by atoms with Crippen molar-refractivity contribution in [3.05, 3.63) is 128 Å². The molecule has 43 heavy (non-hydrogen) atoms. The Kier molecular flexibility index (Phi) is 7.50. The van der Waals surface area contributed by atoms with Gasteiger partial charge in [0.1, 0.15) is 28.9 Å². The Morgan fingerprint density at radius 3 is 2.05 bits per heavy atom. The molecule has 9 nitrogen and oxygen atoms in total. The minimum atomic E-state index is -1.09. The fraction of sp³-hybridized carbons (Fsp3) is 0.353. The van der Waals surface area contributed by atoms with E-state index in [2.05, 4.69) is 4.98 Å². The van der Waals surface area contributed by atoms with Crippen molar-refractivity contribution in [2.75, 3.05) is 20.8 Å². The minimum absolute atomic E-state index is 0.0320. The first kappa shape index (κ1) is 28.9. The number of ether oxygens (including phenoxy) is 4. The van der Waals surface area contributed by atoms with E-state index in [9.17, 15) is 14.7 Å². The van der Waals surface area contributed by atoms with Crippen LogP contribution in [0.3, 0.4) is 0 Å². The average molecular weight is 585 g/mol. The SMILES string of the molecule is COc1ccc(C(OC[C@]23CC(C)C([C@H](n4cc(C)c(=O)[nH]c4=O)O2)[C@H]3O)(c2ccccc2)c2ccc(OC)cc2)cc1. The van der Waals surface area contributed by atoms with Gasteiger partial charge in [-0.3, -0.25) is 14.3 Å². The van der Waals surface area contributed by atoms with Crippen molar-refractivity contribution in [1.29, 1.82) is 0 Å². The number of hydrogen-bond donors (Lipinski definition) is 2. The van der Waals surface area contributed by atoms with Gasteiger partial charge in [0, 0.05) is 17.7 Å². The second-order valence-electron chi connectivity index (χ2n) is 11.5. The molecule has 2 bridgehead atoms. The molecule has 224 valence electrons. The number of nitrogens with zero attached hydrogens (tertiary/aromatic N) is 1. The van der Waals surface area contributed by atoms with Crippen molar-refractivity contribution in [1.82, 2.24) is 9.55 Å². The van der Waals surface area contributed by atoms with Crippen molar-refractivity contribution in [2.24, 2.45) is 11.8 Å². The van der Waals surface area contributed by atoms with E-state index in [0.29, 0.717) is 23.5 Å². The molecule has 3 aromatic carbocycles. The van der Waals surface area contributed by atoms with Crippen LogP contribution in [0.1, 0.15) is 41.8 Å². The van der Waals surface area contributed by atoms with Crippen molar-refractivity contribution >= 4 is 0 Å². The predicted octanol–water partition coefficient (Wildman–Crippen LogP) is 4.16. The van der Waals surface area contributed by atoms with Gasteiger partial charge in [0.2, 0.25) is 0 Å². The molecular formula is C34H36N2O7. The van der Waals surface area contributed by atoms with Gasteiger partial charge >= 0.3 is 5.69 Å². The third-order valence-electron chi connectivity index (χ3n) is 9.04. The van der Waals surface area contributed by atoms with Crippen molar-refractivity contribution in [3.8, 4) is 11.5 Å². The van der Waals surface area contributed by atoms with Crippen LogP contribution < -0.4 is 20.7 Å². The number of nitrogens with one attached hydrogen (secondary N) is 1. The Labute approximate surface area is 249 Å². The monoisotopic (exact) mass is 584 g/mol. The second kappa shape index (κ2) is 11.1. The van der Waals surface area contributed by atoms with E-state index in [0.717, 1.165) is 16.7 Å². The molecular weight excluding hydrogens is 548 g/mol. The number of aliphatic hydroxyl groups is 1. The molecule has 1 aromatic heterocycles. The zero-order valence-corrected chi connectivity index (χ0v) is 24.7. The van der Waals surface area contributed by atoms with E-state index < -0.39 is 34.8 Å². The second-order valence-corrected chi connectivity index (χ2v) is 11.5. The highest BCUT2D eigenvalue weighted by Gasteiger charge is 2.64. The lowest BCUT2D eigenvalue weighted by molar-refractivity contribution is -0.175. The van der Waals surface area contributed by atoms with Crippen LogP contribution in [-0.4, -0.2) is 47.2 Å². The van der Waals surface area contributed by atoms with Crippen LogP contribution in [0.15, 0.2) is 94.6 Å². The van der Waals surface area contributed by atoms with Crippen molar-refractivity contribution < 1.29 is 24.1 Å². The molecule has 1 saturated carbocycles. The first-order chi connectivity index (χ1) is 20.7. The third kappa shape index (κ3) is 4.77. The quantitative estimate of drug-likeness (QED) is 0.284. The summed E-state index contributed by atoms with van der Waals surface area (Å²) in [5.41, 5.74) is -0.192. The molecule has 0 radical (unpaired) electrons. The fourth-order valence-electron chi connectivity index (χ4n) is 6.84. The first-order valence-corrected chi connectivity index (χ1v) is 14.4. The van der Waals surface area contributed by atoms with Crippen LogP contribution in [0, 0.1) is 18.8 Å². The van der Waals surface area contributed by atoms with Crippen LogP contribution in [0.2, 0.25) is 0 Å². The van der Waals surface area contributed by atoms with E-state index in [1.165, 1.54) is 10.8 Å². The normalized spacial score (nSPS) is 24.7. The fourth-order valence-corrected chi connectivity index (χ4v) is 6.84. The molecule has 1 aliphatic carbocycles. The molecule has 5 atom stereocenters. The Bertz CT molecular complexity index is 1650. The van der Waals surface area contributed by atoms with Gasteiger partial charge in [-0.2, -0.15) is 0 Å². The van der Waals surface area contributed by atoms with Crippen LogP contribution in [0.5, 0.6) is 11.5 Å². The molecule has 9 heteroatoms. The number of fused-ring (bicyclic) bond motifs is 2. The van der Waals surface area contributed by atoms with E-state index in [4.69, 9.17) is 18.9 Å². The molecule has 2 heterocycles. The highest BCUT2D eigenvalue weighted by molar-refractivity contribution is 5.49. The molecule has 2 unspecified atom stereocenters. The Hall–Kier alpha value is -4.18. The molecule has 0 amide bonds. The lowest BCUT2D eigenvalue weighted by atomic mass is 9.79. The van der Waals surface area contributed by atoms with Crippen molar-refractivity contribution in [3.63, 3.8) is 0 Å². The van der Waals surface area contributed by atoms with Gasteiger partial charge in [-0.25, -0.2) is 4.79 Å². The molecule has 2 N–H and O–H groups in total. The highest BCUT2D eigenvalue weighted by atomic mass is 16.6. The number of benzene rings is 3. The maximum Gasteiger partial charge on any atom is 0.330 e. The maximum absolute atomic E-state index is 12.8. The molecule has 2 aliphatic rings. The summed E-state index contributed by atoms with van der Waals surface area (Å²) in [6, 6.07) is 25.4. The highest BCUT2D eigenvalue weighted by Crippen LogP contribution is 2.56. The Morgan fingerprint density at radius 2 is 1.49 bits per heavy atom. The number of rotatable bonds is 9. The Morgan fingerprint density at radius 1 is 0.930 bits per heavy atom.